The topological polar surface area (TPSA) is 54.9 Å². The second kappa shape index (κ2) is 3.51. The summed E-state index contributed by atoms with van der Waals surface area (Å²) in [5.41, 5.74) is 2.20. The van der Waals surface area contributed by atoms with Crippen LogP contribution in [0.2, 0.25) is 0 Å². The third kappa shape index (κ3) is 1.52. The minimum absolute atomic E-state index is 0.664. The van der Waals surface area contributed by atoms with Gasteiger partial charge in [0.25, 0.3) is 0 Å². The number of aryl methyl sites for hydroxylation is 1. The van der Waals surface area contributed by atoms with Gasteiger partial charge in [-0.3, -0.25) is 4.79 Å². The number of nitrogens with one attached hydrogen (secondary N) is 1. The van der Waals surface area contributed by atoms with Crippen molar-refractivity contribution in [1.82, 2.24) is 9.97 Å². The third-order valence-corrected chi connectivity index (χ3v) is 2.32. The summed E-state index contributed by atoms with van der Waals surface area (Å²) in [7, 11) is 0. The standard InChI is InChI=1S/C9H11N3O/c13-6-12-9-7-3-1-2-4-8(7)10-5-11-9/h5-6H,1-4H2,(H,10,11,12,13). The van der Waals surface area contributed by atoms with Crippen LogP contribution in [0.4, 0.5) is 5.82 Å². The van der Waals surface area contributed by atoms with Crippen LogP contribution in [0.5, 0.6) is 0 Å². The molecular weight excluding hydrogens is 166 g/mol. The molecule has 0 unspecified atom stereocenters. The minimum atomic E-state index is 0.664. The lowest BCUT2D eigenvalue weighted by Gasteiger charge is -2.15. The molecular formula is C9H11N3O. The molecule has 0 aromatic carbocycles. The van der Waals surface area contributed by atoms with Gasteiger partial charge in [0.15, 0.2) is 0 Å². The van der Waals surface area contributed by atoms with E-state index in [-0.39, 0.29) is 0 Å². The van der Waals surface area contributed by atoms with Gasteiger partial charge in [-0.25, -0.2) is 9.97 Å². The SMILES string of the molecule is O=CNc1ncnc2c1CCCC2. The van der Waals surface area contributed by atoms with Gasteiger partial charge in [-0.2, -0.15) is 0 Å². The molecule has 1 N–H and O–H groups in total. The van der Waals surface area contributed by atoms with E-state index in [4.69, 9.17) is 0 Å². The molecule has 13 heavy (non-hydrogen) atoms. The number of carbonyl (C=O) groups is 1. The van der Waals surface area contributed by atoms with Gasteiger partial charge < -0.3 is 5.32 Å². The number of hydrogen-bond donors (Lipinski definition) is 1. The Morgan fingerprint density at radius 1 is 1.31 bits per heavy atom. The average Bonchev–Trinajstić information content (AvgIpc) is 2.19. The first kappa shape index (κ1) is 8.16. The van der Waals surface area contributed by atoms with Crippen LogP contribution in [0.3, 0.4) is 0 Å². The molecule has 0 atom stereocenters. The summed E-state index contributed by atoms with van der Waals surface area (Å²) in [6.45, 7) is 0. The van der Waals surface area contributed by atoms with Crippen LogP contribution < -0.4 is 5.32 Å². The zero-order valence-electron chi connectivity index (χ0n) is 7.29. The molecule has 68 valence electrons. The number of carbonyl (C=O) groups excluding carboxylic acids is 1. The molecule has 0 saturated carbocycles. The maximum atomic E-state index is 10.3. The molecule has 1 heterocycles. The van der Waals surface area contributed by atoms with Gasteiger partial charge in [0.05, 0.1) is 0 Å². The normalized spacial score (nSPS) is 14.8. The van der Waals surface area contributed by atoms with Crippen LogP contribution in [0.25, 0.3) is 0 Å². The van der Waals surface area contributed by atoms with E-state index < -0.39 is 0 Å². The highest BCUT2D eigenvalue weighted by atomic mass is 16.1. The smallest absolute Gasteiger partial charge is 0.212 e. The van der Waals surface area contributed by atoms with E-state index in [1.54, 1.807) is 0 Å². The Balaban J connectivity index is 2.39. The monoisotopic (exact) mass is 177 g/mol. The van der Waals surface area contributed by atoms with E-state index in [1.807, 2.05) is 0 Å². The van der Waals surface area contributed by atoms with Crippen molar-refractivity contribution in [3.8, 4) is 0 Å². The molecule has 0 aliphatic heterocycles. The molecule has 0 spiro atoms. The number of amides is 1. The van der Waals surface area contributed by atoms with Crippen molar-refractivity contribution in [2.75, 3.05) is 5.32 Å². The summed E-state index contributed by atoms with van der Waals surface area (Å²) < 4.78 is 0. The Labute approximate surface area is 76.4 Å². The van der Waals surface area contributed by atoms with Crippen molar-refractivity contribution in [2.24, 2.45) is 0 Å². The van der Waals surface area contributed by atoms with Crippen molar-refractivity contribution < 1.29 is 4.79 Å². The van der Waals surface area contributed by atoms with Crippen molar-refractivity contribution in [3.63, 3.8) is 0 Å². The minimum Gasteiger partial charge on any atom is -0.313 e. The van der Waals surface area contributed by atoms with E-state index in [0.29, 0.717) is 12.2 Å². The number of nitrogens with zero attached hydrogens (tertiary/aromatic N) is 2. The number of hydrogen-bond acceptors (Lipinski definition) is 3. The summed E-state index contributed by atoms with van der Waals surface area (Å²) in [6, 6.07) is 0. The van der Waals surface area contributed by atoms with Crippen LogP contribution in [0.1, 0.15) is 24.1 Å². The second-order valence-electron chi connectivity index (χ2n) is 3.12. The second-order valence-corrected chi connectivity index (χ2v) is 3.12. The molecule has 4 nitrogen and oxygen atoms in total. The Bertz CT molecular complexity index is 325. The molecule has 1 aromatic heterocycles. The van der Waals surface area contributed by atoms with E-state index >= 15 is 0 Å². The average molecular weight is 177 g/mol. The van der Waals surface area contributed by atoms with Gasteiger partial charge in [-0.15, -0.1) is 0 Å². The summed E-state index contributed by atoms with van der Waals surface area (Å²) in [5, 5.41) is 2.60. The number of rotatable bonds is 2. The first-order valence-corrected chi connectivity index (χ1v) is 4.45. The summed E-state index contributed by atoms with van der Waals surface area (Å²) in [4.78, 5) is 18.5. The fraction of sp³-hybridized carbons (Fsp3) is 0.444. The van der Waals surface area contributed by atoms with E-state index in [0.717, 1.165) is 30.5 Å². The fourth-order valence-electron chi connectivity index (χ4n) is 1.70. The first-order valence-electron chi connectivity index (χ1n) is 4.45. The van der Waals surface area contributed by atoms with Crippen molar-refractivity contribution in [2.45, 2.75) is 25.7 Å². The molecule has 1 amide bonds. The van der Waals surface area contributed by atoms with Gasteiger partial charge in [0, 0.05) is 11.3 Å². The highest BCUT2D eigenvalue weighted by Crippen LogP contribution is 2.23. The highest BCUT2D eigenvalue weighted by molar-refractivity contribution is 5.71. The van der Waals surface area contributed by atoms with Gasteiger partial charge >= 0.3 is 0 Å². The zero-order chi connectivity index (χ0) is 9.10. The zero-order valence-corrected chi connectivity index (χ0v) is 7.29. The Hall–Kier alpha value is -1.45. The predicted molar refractivity (Wildman–Crippen MR) is 48.4 cm³/mol. The number of anilines is 1. The molecule has 1 aliphatic rings. The van der Waals surface area contributed by atoms with E-state index in [2.05, 4.69) is 15.3 Å². The molecule has 0 saturated heterocycles. The molecule has 0 fully saturated rings. The summed E-state index contributed by atoms with van der Waals surface area (Å²) >= 11 is 0. The van der Waals surface area contributed by atoms with E-state index in [1.165, 1.54) is 12.7 Å². The van der Waals surface area contributed by atoms with Crippen molar-refractivity contribution >= 4 is 12.2 Å². The van der Waals surface area contributed by atoms with Crippen molar-refractivity contribution in [1.29, 1.82) is 0 Å². The predicted octanol–water partition coefficient (Wildman–Crippen LogP) is 0.924. The first-order chi connectivity index (χ1) is 6.42. The number of aromatic nitrogens is 2. The van der Waals surface area contributed by atoms with Crippen LogP contribution in [-0.2, 0) is 17.6 Å². The Morgan fingerprint density at radius 3 is 3.00 bits per heavy atom. The Kier molecular flexibility index (Phi) is 2.21. The fourth-order valence-corrected chi connectivity index (χ4v) is 1.70. The van der Waals surface area contributed by atoms with Crippen molar-refractivity contribution in [3.05, 3.63) is 17.6 Å². The molecule has 1 aliphatic carbocycles. The molecule has 4 heteroatoms. The van der Waals surface area contributed by atoms with Crippen LogP contribution in [0.15, 0.2) is 6.33 Å². The lowest BCUT2D eigenvalue weighted by atomic mass is 9.96. The maximum absolute atomic E-state index is 10.3. The van der Waals surface area contributed by atoms with Gasteiger partial charge in [0.2, 0.25) is 6.41 Å². The summed E-state index contributed by atoms with van der Waals surface area (Å²) in [6.07, 6.45) is 6.50. The largest absolute Gasteiger partial charge is 0.313 e. The highest BCUT2D eigenvalue weighted by Gasteiger charge is 2.14. The van der Waals surface area contributed by atoms with Crippen LogP contribution >= 0.6 is 0 Å². The van der Waals surface area contributed by atoms with Gasteiger partial charge in [-0.05, 0) is 25.7 Å². The summed E-state index contributed by atoms with van der Waals surface area (Å²) in [5.74, 6) is 0.680. The lowest BCUT2D eigenvalue weighted by Crippen LogP contribution is -2.11. The van der Waals surface area contributed by atoms with Crippen LogP contribution in [0, 0.1) is 0 Å². The molecule has 0 bridgehead atoms. The number of fused-ring (bicyclic) bond motifs is 1. The maximum Gasteiger partial charge on any atom is 0.212 e. The molecule has 0 radical (unpaired) electrons. The van der Waals surface area contributed by atoms with E-state index in [9.17, 15) is 4.79 Å². The molecule has 2 rings (SSSR count). The Morgan fingerprint density at radius 2 is 2.15 bits per heavy atom. The third-order valence-electron chi connectivity index (χ3n) is 2.32. The van der Waals surface area contributed by atoms with Gasteiger partial charge in [0.1, 0.15) is 12.1 Å². The van der Waals surface area contributed by atoms with Crippen LogP contribution in [-0.4, -0.2) is 16.4 Å². The quantitative estimate of drug-likeness (QED) is 0.683. The van der Waals surface area contributed by atoms with Gasteiger partial charge in [-0.1, -0.05) is 0 Å². The molecule has 1 aromatic rings. The lowest BCUT2D eigenvalue weighted by molar-refractivity contribution is -0.105.